The number of nitrogens with zero attached hydrogens (tertiary/aromatic N) is 2. The molecule has 4 aliphatic rings. The number of aryl methyl sites for hydroxylation is 2. The number of hydrogen-bond acceptors (Lipinski definition) is 9. The minimum atomic E-state index is -0.951. The van der Waals surface area contributed by atoms with Crippen LogP contribution in [0, 0.1) is 37.0 Å². The van der Waals surface area contributed by atoms with Crippen molar-refractivity contribution in [3.8, 4) is 5.75 Å². The minimum Gasteiger partial charge on any atom is -0.508 e. The molecule has 3 atom stereocenters. The lowest BCUT2D eigenvalue weighted by Gasteiger charge is -2.55. The highest BCUT2D eigenvalue weighted by Gasteiger charge is 2.54. The molecule has 258 valence electrons. The van der Waals surface area contributed by atoms with Gasteiger partial charge in [-0.1, -0.05) is 5.16 Å². The Balaban J connectivity index is 1.34. The molecule has 1 heterocycles. The molecular weight excluding hydrogens is 598 g/mol. The number of guanidine groups is 1. The Labute approximate surface area is 277 Å². The number of aromatic hydroxyl groups is 1. The second-order valence-electron chi connectivity index (χ2n) is 14.4. The molecule has 1 aromatic carbocycles. The van der Waals surface area contributed by atoms with Crippen molar-refractivity contribution in [2.75, 3.05) is 13.1 Å². The van der Waals surface area contributed by atoms with Crippen LogP contribution in [-0.4, -0.2) is 58.2 Å². The van der Waals surface area contributed by atoms with E-state index >= 15 is 0 Å². The zero-order valence-electron chi connectivity index (χ0n) is 27.8. The number of nitrogens with two attached hydrogens (primary N) is 3. The maximum atomic E-state index is 14.1. The fraction of sp³-hybridized carbons (Fsp3) is 0.676. The monoisotopic (exact) mass is 651 g/mol. The van der Waals surface area contributed by atoms with Crippen LogP contribution < -0.4 is 33.2 Å². The van der Waals surface area contributed by atoms with Gasteiger partial charge < -0.3 is 42.8 Å². The first kappa shape index (κ1) is 34.6. The van der Waals surface area contributed by atoms with E-state index in [9.17, 15) is 14.7 Å². The van der Waals surface area contributed by atoms with Crippen LogP contribution in [0.4, 0.5) is 0 Å². The Morgan fingerprint density at radius 3 is 2.26 bits per heavy atom. The summed E-state index contributed by atoms with van der Waals surface area (Å²) in [4.78, 5) is 32.3. The van der Waals surface area contributed by atoms with Crippen LogP contribution in [0.1, 0.15) is 105 Å². The largest absolute Gasteiger partial charge is 0.508 e. The van der Waals surface area contributed by atoms with Crippen molar-refractivity contribution in [3.05, 3.63) is 40.5 Å². The van der Waals surface area contributed by atoms with Gasteiger partial charge in [0.05, 0.1) is 6.04 Å². The van der Waals surface area contributed by atoms with E-state index in [4.69, 9.17) is 32.1 Å². The second-order valence-corrected chi connectivity index (χ2v) is 14.4. The van der Waals surface area contributed by atoms with E-state index in [1.54, 1.807) is 12.1 Å². The molecule has 4 fully saturated rings. The summed E-state index contributed by atoms with van der Waals surface area (Å²) in [6.45, 7) is 4.67. The van der Waals surface area contributed by atoms with Gasteiger partial charge in [-0.05, 0) is 138 Å². The number of rotatable bonds is 16. The van der Waals surface area contributed by atoms with Gasteiger partial charge in [-0.25, -0.2) is 0 Å². The lowest BCUT2D eigenvalue weighted by atomic mass is 9.49. The molecule has 11 N–H and O–H groups in total. The van der Waals surface area contributed by atoms with E-state index in [1.165, 1.54) is 19.3 Å². The van der Waals surface area contributed by atoms with Crippen LogP contribution in [0.5, 0.6) is 5.75 Å². The lowest BCUT2D eigenvalue weighted by Crippen LogP contribution is -2.53. The van der Waals surface area contributed by atoms with Crippen LogP contribution in [0.3, 0.4) is 0 Å². The number of hydrogen-bond donors (Lipinski definition) is 8. The molecule has 0 aliphatic heterocycles. The summed E-state index contributed by atoms with van der Waals surface area (Å²) in [6.07, 6.45) is 10.4. The van der Waals surface area contributed by atoms with Gasteiger partial charge in [-0.15, -0.1) is 0 Å². The average Bonchev–Trinajstić information content (AvgIpc) is 3.50. The number of unbranched alkanes of at least 4 members (excludes halogenated alkanes) is 1. The standard InChI is InChI=1S/C34H53N9O4/c1-19-10-24(44)11-20(2)25(19)15-28(41-29(45)26(36)6-5-9-39-33(37)38)30(46)40-27(7-3-4-8-35)31-42-32(43-47-31)34-16-21-12-22(17-34)14-23(13-21)18-34/h10-11,21-23,26-28,44H,3-9,12-18,35-36H2,1-2H3,(H,40,46)(H,41,45)(H4,37,38,39)/t21?,22?,23?,26-,27+,28+,34?/m1/s1. The SMILES string of the molecule is Cc1cc(O)cc(C)c1C[C@H](NC(=O)[C@H](N)CCCNC(=N)N)C(=O)N[C@@H](CCCCN)c1nc(C23CC4CC(CC(C4)C2)C3)no1. The van der Waals surface area contributed by atoms with Gasteiger partial charge in [-0.2, -0.15) is 4.98 Å². The van der Waals surface area contributed by atoms with Crippen molar-refractivity contribution >= 4 is 17.8 Å². The highest BCUT2D eigenvalue weighted by molar-refractivity contribution is 5.90. The first-order valence-corrected chi connectivity index (χ1v) is 17.2. The second kappa shape index (κ2) is 15.0. The lowest BCUT2D eigenvalue weighted by molar-refractivity contribution is -0.130. The summed E-state index contributed by atoms with van der Waals surface area (Å²) in [7, 11) is 0. The van der Waals surface area contributed by atoms with E-state index in [2.05, 4.69) is 21.1 Å². The third-order valence-corrected chi connectivity index (χ3v) is 10.6. The van der Waals surface area contributed by atoms with Crippen LogP contribution >= 0.6 is 0 Å². The summed E-state index contributed by atoms with van der Waals surface area (Å²) in [5.41, 5.74) is 19.8. The third kappa shape index (κ3) is 8.42. The van der Waals surface area contributed by atoms with E-state index < -0.39 is 24.0 Å². The highest BCUT2D eigenvalue weighted by Crippen LogP contribution is 2.60. The van der Waals surface area contributed by atoms with Crippen molar-refractivity contribution in [2.45, 2.75) is 114 Å². The Morgan fingerprint density at radius 2 is 1.66 bits per heavy atom. The molecule has 1 aromatic heterocycles. The van der Waals surface area contributed by atoms with Crippen LogP contribution in [0.15, 0.2) is 16.7 Å². The van der Waals surface area contributed by atoms with Crippen molar-refractivity contribution in [2.24, 2.45) is 35.0 Å². The van der Waals surface area contributed by atoms with Gasteiger partial charge in [0.2, 0.25) is 17.7 Å². The maximum Gasteiger partial charge on any atom is 0.249 e. The number of nitrogens with one attached hydrogen (secondary N) is 4. The molecule has 2 amide bonds. The van der Waals surface area contributed by atoms with Crippen LogP contribution in [0.25, 0.3) is 0 Å². The summed E-state index contributed by atoms with van der Waals surface area (Å²) >= 11 is 0. The van der Waals surface area contributed by atoms with Crippen molar-refractivity contribution in [1.29, 1.82) is 5.41 Å². The quantitative estimate of drug-likeness (QED) is 0.0750. The molecule has 47 heavy (non-hydrogen) atoms. The first-order valence-electron chi connectivity index (χ1n) is 17.2. The van der Waals surface area contributed by atoms with Gasteiger partial charge in [0.15, 0.2) is 11.8 Å². The molecule has 6 rings (SSSR count). The topological polar surface area (TPSA) is 231 Å². The zero-order chi connectivity index (χ0) is 33.7. The predicted octanol–water partition coefficient (Wildman–Crippen LogP) is 2.46. The van der Waals surface area contributed by atoms with Crippen molar-refractivity contribution in [3.63, 3.8) is 0 Å². The van der Waals surface area contributed by atoms with Gasteiger partial charge in [0.25, 0.3) is 0 Å². The summed E-state index contributed by atoms with van der Waals surface area (Å²) in [5.74, 6) is 2.51. The minimum absolute atomic E-state index is 0.0389. The molecule has 0 saturated heterocycles. The third-order valence-electron chi connectivity index (χ3n) is 10.6. The molecule has 13 nitrogen and oxygen atoms in total. The van der Waals surface area contributed by atoms with Gasteiger partial charge >= 0.3 is 0 Å². The molecule has 0 unspecified atom stereocenters. The number of carbonyl (C=O) groups excluding carboxylic acids is 2. The fourth-order valence-electron chi connectivity index (χ4n) is 8.66. The Morgan fingerprint density at radius 1 is 1.02 bits per heavy atom. The van der Waals surface area contributed by atoms with Gasteiger partial charge in [-0.3, -0.25) is 15.0 Å². The van der Waals surface area contributed by atoms with Gasteiger partial charge in [0.1, 0.15) is 17.8 Å². The highest BCUT2D eigenvalue weighted by atomic mass is 16.5. The molecular formula is C34H53N9O4. The summed E-state index contributed by atoms with van der Waals surface area (Å²) in [6, 6.07) is 0.936. The molecule has 4 saturated carbocycles. The smallest absolute Gasteiger partial charge is 0.249 e. The zero-order valence-corrected chi connectivity index (χ0v) is 27.8. The van der Waals surface area contributed by atoms with Crippen molar-refractivity contribution in [1.82, 2.24) is 26.1 Å². The van der Waals surface area contributed by atoms with Crippen LogP contribution in [-0.2, 0) is 21.4 Å². The molecule has 13 heteroatoms. The number of carbonyl (C=O) groups is 2. The Kier molecular flexibility index (Phi) is 11.1. The molecule has 4 aliphatic carbocycles. The van der Waals surface area contributed by atoms with E-state index in [0.717, 1.165) is 72.4 Å². The molecule has 0 spiro atoms. The van der Waals surface area contributed by atoms with Crippen LogP contribution in [0.2, 0.25) is 0 Å². The predicted molar refractivity (Wildman–Crippen MR) is 178 cm³/mol. The van der Waals surface area contributed by atoms with Gasteiger partial charge in [0, 0.05) is 18.4 Å². The normalized spacial score (nSPS) is 24.8. The first-order chi connectivity index (χ1) is 22.5. The number of amides is 2. The average molecular weight is 652 g/mol. The number of aromatic nitrogens is 2. The fourth-order valence-corrected chi connectivity index (χ4v) is 8.66. The number of phenols is 1. The Hall–Kier alpha value is -3.71. The van der Waals surface area contributed by atoms with E-state index in [1.807, 2.05) is 13.8 Å². The summed E-state index contributed by atoms with van der Waals surface area (Å²) in [5, 5.41) is 30.7. The maximum absolute atomic E-state index is 14.1. The van der Waals surface area contributed by atoms with E-state index in [-0.39, 0.29) is 29.5 Å². The number of phenolic OH excluding ortho intramolecular Hbond substituents is 1. The molecule has 0 radical (unpaired) electrons. The Bertz CT molecular complexity index is 1370. The van der Waals surface area contributed by atoms with Crippen molar-refractivity contribution < 1.29 is 19.2 Å². The molecule has 2 aromatic rings. The molecule has 4 bridgehead atoms. The number of benzene rings is 1. The summed E-state index contributed by atoms with van der Waals surface area (Å²) < 4.78 is 5.92. The van der Waals surface area contributed by atoms with E-state index in [0.29, 0.717) is 38.2 Å².